The molecule has 0 unspecified atom stereocenters. The first kappa shape index (κ1) is 26.4. The second-order valence-corrected chi connectivity index (χ2v) is 9.06. The number of urea groups is 1. The molecular weight excluding hydrogens is 468 g/mol. The van der Waals surface area contributed by atoms with Gasteiger partial charge in [-0.15, -0.1) is 0 Å². The highest BCUT2D eigenvalue weighted by Crippen LogP contribution is 2.26. The smallest absolute Gasteiger partial charge is 0.319 e. The highest BCUT2D eigenvalue weighted by molar-refractivity contribution is 6.08. The minimum absolute atomic E-state index is 0.102. The van der Waals surface area contributed by atoms with Crippen molar-refractivity contribution < 1.29 is 14.3 Å². The number of pyridine rings is 1. The van der Waals surface area contributed by atoms with E-state index in [1.54, 1.807) is 12.4 Å². The highest BCUT2D eigenvalue weighted by Gasteiger charge is 2.16. The van der Waals surface area contributed by atoms with Crippen molar-refractivity contribution in [2.45, 2.75) is 32.9 Å². The topological polar surface area (TPSA) is 101 Å². The summed E-state index contributed by atoms with van der Waals surface area (Å²) in [6.45, 7) is 8.13. The number of nitrogens with one attached hydrogen (secondary N) is 3. The number of rotatable bonds is 11. The van der Waals surface area contributed by atoms with E-state index in [1.165, 1.54) is 0 Å². The molecule has 3 amide bonds. The predicted octanol–water partition coefficient (Wildman–Crippen LogP) is 3.78. The highest BCUT2D eigenvalue weighted by atomic mass is 16.5. The van der Waals surface area contributed by atoms with Crippen LogP contribution in [-0.2, 0) is 17.8 Å². The maximum atomic E-state index is 13.2. The number of aromatic nitrogens is 2. The van der Waals surface area contributed by atoms with Crippen molar-refractivity contribution in [3.05, 3.63) is 72.2 Å². The molecule has 1 fully saturated rings. The third-order valence-electron chi connectivity index (χ3n) is 6.37. The average molecular weight is 505 g/mol. The Balaban J connectivity index is 1.42. The number of carbonyl (C=O) groups is 2. The molecule has 1 aliphatic heterocycles. The molecule has 0 aliphatic carbocycles. The summed E-state index contributed by atoms with van der Waals surface area (Å²) in [5.41, 5.74) is 3.12. The monoisotopic (exact) mass is 504 g/mol. The summed E-state index contributed by atoms with van der Waals surface area (Å²) in [6, 6.07) is 9.11. The SMILES string of the molecule is C/C=C\CCn1cc(C(=O)NCCCN2CCOCC2)c2cc(NC(=O)NCc3cccnc3)ccc21. The third-order valence-corrected chi connectivity index (χ3v) is 6.37. The van der Waals surface area contributed by atoms with Crippen molar-refractivity contribution >= 4 is 28.5 Å². The Morgan fingerprint density at radius 1 is 1.14 bits per heavy atom. The molecule has 9 nitrogen and oxygen atoms in total. The van der Waals surface area contributed by atoms with Gasteiger partial charge in [0.15, 0.2) is 0 Å². The molecule has 3 heterocycles. The molecule has 9 heteroatoms. The fourth-order valence-corrected chi connectivity index (χ4v) is 4.41. The number of allylic oxidation sites excluding steroid dienone is 2. The fraction of sp³-hybridized carbons (Fsp3) is 0.393. The van der Waals surface area contributed by atoms with E-state index in [0.717, 1.165) is 68.7 Å². The van der Waals surface area contributed by atoms with E-state index in [0.29, 0.717) is 24.3 Å². The molecule has 3 N–H and O–H groups in total. The van der Waals surface area contributed by atoms with E-state index < -0.39 is 0 Å². The van der Waals surface area contributed by atoms with Crippen molar-refractivity contribution in [3.63, 3.8) is 0 Å². The molecule has 4 rings (SSSR count). The summed E-state index contributed by atoms with van der Waals surface area (Å²) in [5, 5.41) is 9.62. The summed E-state index contributed by atoms with van der Waals surface area (Å²) in [6.07, 6.45) is 11.2. The van der Waals surface area contributed by atoms with E-state index in [9.17, 15) is 9.59 Å². The van der Waals surface area contributed by atoms with E-state index in [4.69, 9.17) is 4.74 Å². The number of carbonyl (C=O) groups excluding carboxylic acids is 2. The number of fused-ring (bicyclic) bond motifs is 1. The summed E-state index contributed by atoms with van der Waals surface area (Å²) in [7, 11) is 0. The molecule has 0 atom stereocenters. The fourth-order valence-electron chi connectivity index (χ4n) is 4.41. The van der Waals surface area contributed by atoms with Gasteiger partial charge < -0.3 is 25.3 Å². The van der Waals surface area contributed by atoms with Crippen molar-refractivity contribution in [2.24, 2.45) is 0 Å². The van der Waals surface area contributed by atoms with Crippen LogP contribution in [0.5, 0.6) is 0 Å². The number of anilines is 1. The van der Waals surface area contributed by atoms with Crippen LogP contribution >= 0.6 is 0 Å². The zero-order valence-electron chi connectivity index (χ0n) is 21.4. The molecule has 2 aromatic heterocycles. The Bertz CT molecular complexity index is 1200. The van der Waals surface area contributed by atoms with Crippen LogP contribution in [0, 0.1) is 0 Å². The van der Waals surface area contributed by atoms with Crippen molar-refractivity contribution in [1.29, 1.82) is 0 Å². The summed E-state index contributed by atoms with van der Waals surface area (Å²) in [4.78, 5) is 32.1. The van der Waals surface area contributed by atoms with Gasteiger partial charge in [-0.2, -0.15) is 0 Å². The first-order chi connectivity index (χ1) is 18.1. The van der Waals surface area contributed by atoms with E-state index in [2.05, 4.69) is 36.5 Å². The van der Waals surface area contributed by atoms with Gasteiger partial charge in [0, 0.05) is 67.9 Å². The number of morpholine rings is 1. The van der Waals surface area contributed by atoms with Crippen LogP contribution in [0.3, 0.4) is 0 Å². The lowest BCUT2D eigenvalue weighted by Gasteiger charge is -2.26. The quantitative estimate of drug-likeness (QED) is 0.273. The Morgan fingerprint density at radius 2 is 2.00 bits per heavy atom. The molecular formula is C28H36N6O3. The van der Waals surface area contributed by atoms with E-state index in [-0.39, 0.29) is 11.9 Å². The molecule has 0 bridgehead atoms. The number of amides is 3. The number of benzene rings is 1. The minimum Gasteiger partial charge on any atom is -0.379 e. The Labute approximate surface area is 217 Å². The van der Waals surface area contributed by atoms with Gasteiger partial charge in [0.2, 0.25) is 0 Å². The maximum Gasteiger partial charge on any atom is 0.319 e. The first-order valence-corrected chi connectivity index (χ1v) is 12.9. The lowest BCUT2D eigenvalue weighted by atomic mass is 10.1. The van der Waals surface area contributed by atoms with Crippen LogP contribution in [0.2, 0.25) is 0 Å². The van der Waals surface area contributed by atoms with E-state index in [1.807, 2.05) is 49.5 Å². The largest absolute Gasteiger partial charge is 0.379 e. The lowest BCUT2D eigenvalue weighted by Crippen LogP contribution is -2.38. The van der Waals surface area contributed by atoms with Gasteiger partial charge in [0.25, 0.3) is 5.91 Å². The number of aryl methyl sites for hydroxylation is 1. The van der Waals surface area contributed by atoms with Crippen LogP contribution < -0.4 is 16.0 Å². The molecule has 1 saturated heterocycles. The van der Waals surface area contributed by atoms with Gasteiger partial charge in [-0.1, -0.05) is 18.2 Å². The summed E-state index contributed by atoms with van der Waals surface area (Å²) in [5.74, 6) is -0.102. The van der Waals surface area contributed by atoms with Crippen LogP contribution in [0.25, 0.3) is 10.9 Å². The van der Waals surface area contributed by atoms with Gasteiger partial charge in [0.05, 0.1) is 18.8 Å². The van der Waals surface area contributed by atoms with Crippen LogP contribution in [0.1, 0.15) is 35.7 Å². The van der Waals surface area contributed by atoms with Crippen molar-refractivity contribution in [1.82, 2.24) is 25.1 Å². The summed E-state index contributed by atoms with van der Waals surface area (Å²) < 4.78 is 7.50. The average Bonchev–Trinajstić information content (AvgIpc) is 3.29. The molecule has 196 valence electrons. The molecule has 37 heavy (non-hydrogen) atoms. The van der Waals surface area contributed by atoms with Gasteiger partial charge in [0.1, 0.15) is 0 Å². The molecule has 0 radical (unpaired) electrons. The Hall–Kier alpha value is -3.69. The maximum absolute atomic E-state index is 13.2. The summed E-state index contributed by atoms with van der Waals surface area (Å²) >= 11 is 0. The molecule has 0 saturated carbocycles. The first-order valence-electron chi connectivity index (χ1n) is 12.9. The lowest BCUT2D eigenvalue weighted by molar-refractivity contribution is 0.0374. The van der Waals surface area contributed by atoms with Crippen LogP contribution in [-0.4, -0.2) is 65.8 Å². The van der Waals surface area contributed by atoms with Gasteiger partial charge >= 0.3 is 6.03 Å². The van der Waals surface area contributed by atoms with Crippen LogP contribution in [0.15, 0.2) is 61.1 Å². The Kier molecular flexibility index (Phi) is 9.67. The van der Waals surface area contributed by atoms with E-state index >= 15 is 0 Å². The number of hydrogen-bond donors (Lipinski definition) is 3. The normalized spacial score (nSPS) is 14.2. The van der Waals surface area contributed by atoms with Crippen molar-refractivity contribution in [3.8, 4) is 0 Å². The second kappa shape index (κ2) is 13.6. The van der Waals surface area contributed by atoms with Gasteiger partial charge in [-0.3, -0.25) is 14.7 Å². The number of nitrogens with zero attached hydrogens (tertiary/aromatic N) is 3. The molecule has 1 aromatic carbocycles. The minimum atomic E-state index is -0.315. The van der Waals surface area contributed by atoms with Crippen LogP contribution in [0.4, 0.5) is 10.5 Å². The van der Waals surface area contributed by atoms with Crippen molar-refractivity contribution in [2.75, 3.05) is 44.7 Å². The third kappa shape index (κ3) is 7.65. The Morgan fingerprint density at radius 3 is 2.78 bits per heavy atom. The standard InChI is InChI=1S/C28H36N6O3/c1-2-3-4-13-34-21-25(27(35)30-11-6-12-33-14-16-37-17-15-33)24-18-23(8-9-26(24)34)32-28(36)31-20-22-7-5-10-29-19-22/h2-3,5,7-10,18-19,21H,4,6,11-17,20H2,1H3,(H,30,35)(H2,31,32,36)/b3-2-. The number of ether oxygens (including phenoxy) is 1. The molecule has 3 aromatic rings. The second-order valence-electron chi connectivity index (χ2n) is 9.06. The van der Waals surface area contributed by atoms with Gasteiger partial charge in [-0.25, -0.2) is 4.79 Å². The predicted molar refractivity (Wildman–Crippen MR) is 146 cm³/mol. The molecule has 0 spiro atoms. The molecule has 1 aliphatic rings. The zero-order valence-corrected chi connectivity index (χ0v) is 21.4. The number of hydrogen-bond acceptors (Lipinski definition) is 5. The van der Waals surface area contributed by atoms with Gasteiger partial charge in [-0.05, 0) is 56.1 Å². The zero-order chi connectivity index (χ0) is 25.9.